The average Bonchev–Trinajstić information content (AvgIpc) is 2.27. The molecule has 1 amide bonds. The summed E-state index contributed by atoms with van der Waals surface area (Å²) in [5.74, 6) is 0.656. The molecule has 6 nitrogen and oxygen atoms in total. The summed E-state index contributed by atoms with van der Waals surface area (Å²) in [7, 11) is 0. The minimum absolute atomic E-state index is 0.112. The number of aromatic nitrogens is 3. The van der Waals surface area contributed by atoms with Crippen molar-refractivity contribution in [1.82, 2.24) is 15.0 Å². The maximum absolute atomic E-state index is 11.3. The zero-order valence-corrected chi connectivity index (χ0v) is 11.3. The third-order valence-electron chi connectivity index (χ3n) is 1.79. The lowest BCUT2D eigenvalue weighted by Crippen LogP contribution is -2.17. The van der Waals surface area contributed by atoms with E-state index in [9.17, 15) is 4.79 Å². The Morgan fingerprint density at radius 3 is 2.47 bits per heavy atom. The van der Waals surface area contributed by atoms with E-state index < -0.39 is 0 Å². The Morgan fingerprint density at radius 1 is 1.29 bits per heavy atom. The van der Waals surface area contributed by atoms with E-state index in [1.54, 1.807) is 6.92 Å². The molecule has 0 radical (unpaired) electrons. The summed E-state index contributed by atoms with van der Waals surface area (Å²) >= 11 is 1.41. The summed E-state index contributed by atoms with van der Waals surface area (Å²) in [4.78, 5) is 23.7. The quantitative estimate of drug-likeness (QED) is 0.780. The van der Waals surface area contributed by atoms with Crippen LogP contribution in [0.15, 0.2) is 5.16 Å². The summed E-state index contributed by atoms with van der Waals surface area (Å²) < 4.78 is 0. The molecule has 17 heavy (non-hydrogen) atoms. The van der Waals surface area contributed by atoms with Gasteiger partial charge in [-0.1, -0.05) is 18.7 Å². The van der Waals surface area contributed by atoms with Gasteiger partial charge in [0.2, 0.25) is 17.8 Å². The van der Waals surface area contributed by atoms with Crippen LogP contribution in [-0.4, -0.2) is 33.2 Å². The van der Waals surface area contributed by atoms with Gasteiger partial charge in [-0.05, 0) is 20.1 Å². The number of carbonyl (C=O) groups excluding carboxylic acids is 1. The van der Waals surface area contributed by atoms with E-state index in [2.05, 4.69) is 25.6 Å². The molecule has 94 valence electrons. The number of thioether (sulfide) groups is 1. The molecule has 0 atom stereocenters. The number of nitrogens with zero attached hydrogens (tertiary/aromatic N) is 3. The monoisotopic (exact) mass is 255 g/mol. The highest BCUT2D eigenvalue weighted by Crippen LogP contribution is 2.14. The van der Waals surface area contributed by atoms with Crippen LogP contribution in [0.1, 0.15) is 27.2 Å². The van der Waals surface area contributed by atoms with Crippen LogP contribution in [0, 0.1) is 0 Å². The van der Waals surface area contributed by atoms with E-state index in [1.165, 1.54) is 11.8 Å². The van der Waals surface area contributed by atoms with Gasteiger partial charge in [-0.2, -0.15) is 15.0 Å². The molecule has 0 saturated carbocycles. The van der Waals surface area contributed by atoms with Crippen LogP contribution in [0.5, 0.6) is 0 Å². The Labute approximate surface area is 105 Å². The Morgan fingerprint density at radius 2 is 1.94 bits per heavy atom. The molecule has 0 aliphatic carbocycles. The first-order valence-electron chi connectivity index (χ1n) is 5.41. The van der Waals surface area contributed by atoms with Crippen molar-refractivity contribution in [1.29, 1.82) is 0 Å². The molecular weight excluding hydrogens is 238 g/mol. The molecular formula is C10H17N5OS. The molecule has 0 saturated heterocycles. The molecule has 0 unspecified atom stereocenters. The normalized spacial score (nSPS) is 10.4. The van der Waals surface area contributed by atoms with Gasteiger partial charge in [0.05, 0.1) is 0 Å². The molecule has 1 heterocycles. The number of amides is 1. The van der Waals surface area contributed by atoms with Crippen molar-refractivity contribution in [3.05, 3.63) is 0 Å². The van der Waals surface area contributed by atoms with Crippen molar-refractivity contribution >= 4 is 29.6 Å². The molecule has 1 aromatic heterocycles. The number of hydrogen-bond donors (Lipinski definition) is 2. The number of carbonyl (C=O) groups is 1. The molecule has 0 aliphatic rings. The zero-order chi connectivity index (χ0) is 12.8. The first-order chi connectivity index (χ1) is 8.05. The summed E-state index contributed by atoms with van der Waals surface area (Å²) in [6.07, 6.45) is 2.27. The van der Waals surface area contributed by atoms with Crippen LogP contribution in [0.3, 0.4) is 0 Å². The van der Waals surface area contributed by atoms with Gasteiger partial charge in [0.25, 0.3) is 0 Å². The molecule has 0 aromatic carbocycles. The van der Waals surface area contributed by atoms with Crippen LogP contribution < -0.4 is 10.6 Å². The van der Waals surface area contributed by atoms with Crippen LogP contribution in [0.2, 0.25) is 0 Å². The van der Waals surface area contributed by atoms with E-state index in [-0.39, 0.29) is 11.9 Å². The van der Waals surface area contributed by atoms with Crippen LogP contribution in [0.25, 0.3) is 0 Å². The molecule has 0 fully saturated rings. The predicted molar refractivity (Wildman–Crippen MR) is 69.3 cm³/mol. The third-order valence-corrected chi connectivity index (χ3v) is 2.34. The summed E-state index contributed by atoms with van der Waals surface area (Å²) in [5, 5.41) is 6.29. The maximum atomic E-state index is 11.3. The molecule has 1 aromatic rings. The number of anilines is 2. The van der Waals surface area contributed by atoms with Gasteiger partial charge < -0.3 is 5.32 Å². The Kier molecular flexibility index (Phi) is 5.14. The first-order valence-corrected chi connectivity index (χ1v) is 6.64. The van der Waals surface area contributed by atoms with Gasteiger partial charge in [-0.25, -0.2) is 0 Å². The molecule has 7 heteroatoms. The van der Waals surface area contributed by atoms with Crippen LogP contribution in [-0.2, 0) is 4.79 Å². The van der Waals surface area contributed by atoms with Crippen molar-refractivity contribution in [2.75, 3.05) is 16.9 Å². The van der Waals surface area contributed by atoms with Gasteiger partial charge in [0.15, 0.2) is 5.16 Å². The SMILES string of the molecule is CCC(=O)Nc1nc(NC(C)C)nc(SC)n1. The van der Waals surface area contributed by atoms with E-state index in [0.29, 0.717) is 23.5 Å². The average molecular weight is 255 g/mol. The van der Waals surface area contributed by atoms with E-state index in [1.807, 2.05) is 20.1 Å². The number of rotatable bonds is 5. The van der Waals surface area contributed by atoms with Gasteiger partial charge in [-0.15, -0.1) is 0 Å². The Balaban J connectivity index is 2.92. The maximum Gasteiger partial charge on any atom is 0.235 e. The van der Waals surface area contributed by atoms with E-state index in [4.69, 9.17) is 0 Å². The Bertz CT molecular complexity index is 396. The van der Waals surface area contributed by atoms with E-state index in [0.717, 1.165) is 0 Å². The van der Waals surface area contributed by atoms with Gasteiger partial charge >= 0.3 is 0 Å². The lowest BCUT2D eigenvalue weighted by Gasteiger charge is -2.10. The van der Waals surface area contributed by atoms with E-state index >= 15 is 0 Å². The molecule has 2 N–H and O–H groups in total. The fourth-order valence-electron chi connectivity index (χ4n) is 1.04. The summed E-state index contributed by atoms with van der Waals surface area (Å²) in [5.41, 5.74) is 0. The number of hydrogen-bond acceptors (Lipinski definition) is 6. The lowest BCUT2D eigenvalue weighted by atomic mass is 10.4. The van der Waals surface area contributed by atoms with Crippen molar-refractivity contribution in [2.45, 2.75) is 38.4 Å². The summed E-state index contributed by atoms with van der Waals surface area (Å²) in [6.45, 7) is 5.76. The second-order valence-corrected chi connectivity index (χ2v) is 4.44. The minimum atomic E-state index is -0.112. The zero-order valence-electron chi connectivity index (χ0n) is 10.4. The third kappa shape index (κ3) is 4.56. The van der Waals surface area contributed by atoms with Crippen molar-refractivity contribution in [3.8, 4) is 0 Å². The fraction of sp³-hybridized carbons (Fsp3) is 0.600. The van der Waals surface area contributed by atoms with Crippen LogP contribution in [0.4, 0.5) is 11.9 Å². The fourth-order valence-corrected chi connectivity index (χ4v) is 1.40. The first kappa shape index (κ1) is 13.7. The molecule has 0 spiro atoms. The van der Waals surface area contributed by atoms with Gasteiger partial charge in [0, 0.05) is 12.5 Å². The number of nitrogens with one attached hydrogen (secondary N) is 2. The topological polar surface area (TPSA) is 79.8 Å². The highest BCUT2D eigenvalue weighted by atomic mass is 32.2. The van der Waals surface area contributed by atoms with Gasteiger partial charge in [-0.3, -0.25) is 10.1 Å². The summed E-state index contributed by atoms with van der Waals surface area (Å²) in [6, 6.07) is 0.224. The molecule has 0 bridgehead atoms. The van der Waals surface area contributed by atoms with Crippen molar-refractivity contribution < 1.29 is 4.79 Å². The van der Waals surface area contributed by atoms with Crippen LogP contribution >= 0.6 is 11.8 Å². The highest BCUT2D eigenvalue weighted by Gasteiger charge is 2.08. The molecule has 0 aliphatic heterocycles. The molecule has 1 rings (SSSR count). The Hall–Kier alpha value is -1.37. The standard InChI is InChI=1S/C10H17N5OS/c1-5-7(16)12-9-13-8(11-6(2)3)14-10(15-9)17-4/h6H,5H2,1-4H3,(H2,11,12,13,14,15,16). The predicted octanol–water partition coefficient (Wildman–Crippen LogP) is 1.76. The second kappa shape index (κ2) is 6.39. The highest BCUT2D eigenvalue weighted by molar-refractivity contribution is 7.98. The van der Waals surface area contributed by atoms with Crippen molar-refractivity contribution in [2.24, 2.45) is 0 Å². The van der Waals surface area contributed by atoms with Gasteiger partial charge in [0.1, 0.15) is 0 Å². The minimum Gasteiger partial charge on any atom is -0.352 e. The lowest BCUT2D eigenvalue weighted by molar-refractivity contribution is -0.115. The largest absolute Gasteiger partial charge is 0.352 e. The second-order valence-electron chi connectivity index (χ2n) is 3.67. The van der Waals surface area contributed by atoms with Crippen molar-refractivity contribution in [3.63, 3.8) is 0 Å². The smallest absolute Gasteiger partial charge is 0.235 e.